The van der Waals surface area contributed by atoms with Crippen molar-refractivity contribution in [3.63, 3.8) is 0 Å². The zero-order chi connectivity index (χ0) is 26.2. The Morgan fingerprint density at radius 1 is 1.17 bits per heavy atom. The first-order valence-corrected chi connectivity index (χ1v) is 13.3. The number of piperidine rings is 1. The largest absolute Gasteiger partial charge is 0.384 e. The number of hydrogen-bond donors (Lipinski definition) is 2. The molecular weight excluding hydrogens is 462 g/mol. The SMILES string of the molecule is CC(C)[C@@H](NC(=O)C[C@@H]1CCN(C(C)(C)C)C1)C(=O)N1CC[C@](O)(c2ccc(Cl)cc2)C(C)(C)C1. The lowest BCUT2D eigenvalue weighted by atomic mass is 9.66. The molecule has 2 saturated heterocycles. The van der Waals surface area contributed by atoms with Crippen LogP contribution in [-0.4, -0.2) is 64.5 Å². The van der Waals surface area contributed by atoms with Gasteiger partial charge in [-0.2, -0.15) is 0 Å². The van der Waals surface area contributed by atoms with Crippen LogP contribution in [0.4, 0.5) is 0 Å². The van der Waals surface area contributed by atoms with E-state index in [0.717, 1.165) is 25.1 Å². The van der Waals surface area contributed by atoms with Gasteiger partial charge in [0.2, 0.25) is 11.8 Å². The minimum atomic E-state index is -1.06. The van der Waals surface area contributed by atoms with E-state index < -0.39 is 17.1 Å². The molecule has 7 heteroatoms. The highest BCUT2D eigenvalue weighted by atomic mass is 35.5. The van der Waals surface area contributed by atoms with Gasteiger partial charge in [-0.05, 0) is 69.7 Å². The van der Waals surface area contributed by atoms with E-state index in [1.807, 2.05) is 44.7 Å². The molecule has 1 aromatic rings. The molecule has 2 heterocycles. The van der Waals surface area contributed by atoms with Crippen molar-refractivity contribution in [3.05, 3.63) is 34.9 Å². The van der Waals surface area contributed by atoms with Gasteiger partial charge in [-0.25, -0.2) is 0 Å². The van der Waals surface area contributed by atoms with E-state index in [1.165, 1.54) is 0 Å². The smallest absolute Gasteiger partial charge is 0.245 e. The van der Waals surface area contributed by atoms with Crippen LogP contribution in [0, 0.1) is 17.3 Å². The normalized spacial score (nSPS) is 26.1. The van der Waals surface area contributed by atoms with E-state index in [0.29, 0.717) is 36.9 Å². The second-order valence-electron chi connectivity index (χ2n) is 12.5. The molecule has 0 bridgehead atoms. The summed E-state index contributed by atoms with van der Waals surface area (Å²) in [6, 6.07) is 6.74. The van der Waals surface area contributed by atoms with E-state index in [4.69, 9.17) is 11.6 Å². The van der Waals surface area contributed by atoms with Gasteiger partial charge in [-0.3, -0.25) is 14.5 Å². The Hall–Kier alpha value is -1.63. The van der Waals surface area contributed by atoms with E-state index >= 15 is 0 Å². The van der Waals surface area contributed by atoms with Crippen molar-refractivity contribution in [2.45, 2.75) is 84.9 Å². The molecule has 6 nitrogen and oxygen atoms in total. The number of amides is 2. The fraction of sp³-hybridized carbons (Fsp3) is 0.714. The molecule has 35 heavy (non-hydrogen) atoms. The Balaban J connectivity index is 1.64. The predicted molar refractivity (Wildman–Crippen MR) is 141 cm³/mol. The van der Waals surface area contributed by atoms with Crippen LogP contribution in [0.2, 0.25) is 5.02 Å². The van der Waals surface area contributed by atoms with Crippen LogP contribution < -0.4 is 5.32 Å². The Bertz CT molecular complexity index is 909. The third-order valence-corrected chi connectivity index (χ3v) is 8.29. The molecule has 0 spiro atoms. The Morgan fingerprint density at radius 3 is 2.31 bits per heavy atom. The molecule has 0 unspecified atom stereocenters. The Labute approximate surface area is 216 Å². The number of carbonyl (C=O) groups excluding carboxylic acids is 2. The minimum Gasteiger partial charge on any atom is -0.384 e. The number of nitrogens with zero attached hydrogens (tertiary/aromatic N) is 2. The summed E-state index contributed by atoms with van der Waals surface area (Å²) >= 11 is 6.05. The van der Waals surface area contributed by atoms with Crippen LogP contribution in [0.5, 0.6) is 0 Å². The van der Waals surface area contributed by atoms with Gasteiger partial charge in [0.05, 0.1) is 5.60 Å². The van der Waals surface area contributed by atoms with Crippen molar-refractivity contribution in [1.82, 2.24) is 15.1 Å². The highest BCUT2D eigenvalue weighted by molar-refractivity contribution is 6.30. The van der Waals surface area contributed by atoms with Gasteiger partial charge in [-0.15, -0.1) is 0 Å². The fourth-order valence-corrected chi connectivity index (χ4v) is 5.71. The third kappa shape index (κ3) is 6.20. The molecule has 196 valence electrons. The molecule has 2 aliphatic rings. The summed E-state index contributed by atoms with van der Waals surface area (Å²) < 4.78 is 0. The number of hydrogen-bond acceptors (Lipinski definition) is 4. The average molecular weight is 506 g/mol. The summed E-state index contributed by atoms with van der Waals surface area (Å²) in [5.74, 6) is 0.177. The molecule has 2 amide bonds. The van der Waals surface area contributed by atoms with Crippen molar-refractivity contribution < 1.29 is 14.7 Å². The van der Waals surface area contributed by atoms with Gasteiger partial charge < -0.3 is 15.3 Å². The van der Waals surface area contributed by atoms with Gasteiger partial charge in [0.1, 0.15) is 6.04 Å². The number of carbonyl (C=O) groups is 2. The van der Waals surface area contributed by atoms with E-state index in [2.05, 4.69) is 31.0 Å². The standard InChI is InChI=1S/C28H44ClN3O3/c1-19(2)24(30-23(33)16-20-12-14-32(17-20)26(3,4)5)25(34)31-15-13-28(35,27(6,7)18-31)21-8-10-22(29)11-9-21/h8-11,19-20,24,35H,12-18H2,1-7H3,(H,30,33)/t20-,24+,28-/m0/s1. The molecule has 2 N–H and O–H groups in total. The second-order valence-corrected chi connectivity index (χ2v) is 13.0. The molecule has 1 aromatic carbocycles. The Kier molecular flexibility index (Phi) is 8.30. The summed E-state index contributed by atoms with van der Waals surface area (Å²) in [5, 5.41) is 15.3. The minimum absolute atomic E-state index is 0.0266. The number of rotatable bonds is 6. The molecule has 0 saturated carbocycles. The molecule has 2 fully saturated rings. The summed E-state index contributed by atoms with van der Waals surface area (Å²) in [7, 11) is 0. The monoisotopic (exact) mass is 505 g/mol. The maximum atomic E-state index is 13.6. The number of halogens is 1. The summed E-state index contributed by atoms with van der Waals surface area (Å²) in [5.41, 5.74) is -0.711. The van der Waals surface area contributed by atoms with Crippen LogP contribution in [0.3, 0.4) is 0 Å². The van der Waals surface area contributed by atoms with Crippen molar-refractivity contribution in [2.24, 2.45) is 17.3 Å². The van der Waals surface area contributed by atoms with Gasteiger partial charge >= 0.3 is 0 Å². The highest BCUT2D eigenvalue weighted by Crippen LogP contribution is 2.46. The second kappa shape index (κ2) is 10.4. The fourth-order valence-electron chi connectivity index (χ4n) is 5.58. The van der Waals surface area contributed by atoms with Crippen molar-refractivity contribution in [3.8, 4) is 0 Å². The van der Waals surface area contributed by atoms with Crippen LogP contribution in [-0.2, 0) is 15.2 Å². The topological polar surface area (TPSA) is 72.9 Å². The van der Waals surface area contributed by atoms with Gasteiger partial charge in [0.25, 0.3) is 0 Å². The molecule has 3 atom stereocenters. The quantitative estimate of drug-likeness (QED) is 0.599. The summed E-state index contributed by atoms with van der Waals surface area (Å²) in [6.45, 7) is 17.3. The lowest BCUT2D eigenvalue weighted by Gasteiger charge is -2.51. The molecular formula is C28H44ClN3O3. The maximum absolute atomic E-state index is 13.6. The van der Waals surface area contributed by atoms with Crippen molar-refractivity contribution in [1.29, 1.82) is 0 Å². The lowest BCUT2D eigenvalue weighted by molar-refractivity contribution is -0.156. The summed E-state index contributed by atoms with van der Waals surface area (Å²) in [4.78, 5) is 30.8. The van der Waals surface area contributed by atoms with Crippen molar-refractivity contribution >= 4 is 23.4 Å². The van der Waals surface area contributed by atoms with E-state index in [1.54, 1.807) is 12.1 Å². The van der Waals surface area contributed by atoms with Crippen LogP contribution in [0.1, 0.15) is 73.3 Å². The van der Waals surface area contributed by atoms with Crippen molar-refractivity contribution in [2.75, 3.05) is 26.2 Å². The third-order valence-electron chi connectivity index (χ3n) is 8.04. The van der Waals surface area contributed by atoms with Gasteiger partial charge in [0, 0.05) is 42.0 Å². The van der Waals surface area contributed by atoms with Gasteiger partial charge in [-0.1, -0.05) is 51.4 Å². The van der Waals surface area contributed by atoms with E-state index in [9.17, 15) is 14.7 Å². The molecule has 2 aliphatic heterocycles. The maximum Gasteiger partial charge on any atom is 0.245 e. The Morgan fingerprint density at radius 2 is 1.80 bits per heavy atom. The first-order chi connectivity index (χ1) is 16.1. The first kappa shape index (κ1) is 27.9. The zero-order valence-electron chi connectivity index (χ0n) is 22.5. The molecule has 3 rings (SSSR count). The van der Waals surface area contributed by atoms with Crippen LogP contribution in [0.25, 0.3) is 0 Å². The lowest BCUT2D eigenvalue weighted by Crippen LogP contribution is -2.60. The number of benzene rings is 1. The number of aliphatic hydroxyl groups is 1. The molecule has 0 radical (unpaired) electrons. The first-order valence-electron chi connectivity index (χ1n) is 13.0. The van der Waals surface area contributed by atoms with Crippen LogP contribution >= 0.6 is 11.6 Å². The van der Waals surface area contributed by atoms with Crippen LogP contribution in [0.15, 0.2) is 24.3 Å². The summed E-state index contributed by atoms with van der Waals surface area (Å²) in [6.07, 6.45) is 1.89. The number of likely N-dealkylation sites (tertiary alicyclic amines) is 2. The zero-order valence-corrected chi connectivity index (χ0v) is 23.3. The predicted octanol–water partition coefficient (Wildman–Crippen LogP) is 4.44. The number of nitrogens with one attached hydrogen (secondary N) is 1. The average Bonchev–Trinajstić information content (AvgIpc) is 3.22. The van der Waals surface area contributed by atoms with Gasteiger partial charge in [0.15, 0.2) is 0 Å². The van der Waals surface area contributed by atoms with E-state index in [-0.39, 0.29) is 23.3 Å². The molecule has 0 aromatic heterocycles. The molecule has 0 aliphatic carbocycles. The highest BCUT2D eigenvalue weighted by Gasteiger charge is 2.50.